The molecule has 1 aliphatic heterocycles. The van der Waals surface area contributed by atoms with Crippen molar-refractivity contribution in [2.45, 2.75) is 189 Å². The minimum absolute atomic E-state index is 0.00658. The second-order valence-electron chi connectivity index (χ2n) is 23.5. The Kier molecular flexibility index (Phi) is 28.6. The third-order valence-corrected chi connectivity index (χ3v) is 10.9. The van der Waals surface area contributed by atoms with Crippen LogP contribution in [0.2, 0.25) is 0 Å². The van der Waals surface area contributed by atoms with Crippen molar-refractivity contribution in [1.82, 2.24) is 26.2 Å². The monoisotopic (exact) mass is 1130 g/mol. The summed E-state index contributed by atoms with van der Waals surface area (Å²) in [5.74, 6) is -6.30. The summed E-state index contributed by atoms with van der Waals surface area (Å²) in [5.41, 5.74) is -2.38. The number of nitrogens with zero attached hydrogens (tertiary/aromatic N) is 1. The van der Waals surface area contributed by atoms with Crippen LogP contribution in [0.3, 0.4) is 0 Å². The number of rotatable bonds is 34. The number of ketones is 2. The van der Waals surface area contributed by atoms with Crippen molar-refractivity contribution in [3.63, 3.8) is 0 Å². The minimum atomic E-state index is -1.31. The number of imide groups is 1. The molecule has 5 N–H and O–H groups in total. The fourth-order valence-electron chi connectivity index (χ4n) is 7.34. The van der Waals surface area contributed by atoms with E-state index in [-0.39, 0.29) is 155 Å². The van der Waals surface area contributed by atoms with Gasteiger partial charge in [-0.25, -0.2) is 9.59 Å². The van der Waals surface area contributed by atoms with Gasteiger partial charge in [0.05, 0.1) is 13.2 Å². The number of anilines is 1. The van der Waals surface area contributed by atoms with Crippen LogP contribution in [0.15, 0.2) is 30.4 Å². The first-order chi connectivity index (χ1) is 37.1. The van der Waals surface area contributed by atoms with E-state index in [2.05, 4.69) is 26.6 Å². The highest BCUT2D eigenvalue weighted by atomic mass is 16.6. The molecule has 2 atom stereocenters. The number of amides is 7. The van der Waals surface area contributed by atoms with Crippen molar-refractivity contribution >= 4 is 76.5 Å². The minimum Gasteiger partial charge on any atom is -0.460 e. The number of carbonyl (C=O) groups is 12. The van der Waals surface area contributed by atoms with Crippen LogP contribution in [0, 0.1) is 5.41 Å². The first kappa shape index (κ1) is 69.2. The van der Waals surface area contributed by atoms with Crippen molar-refractivity contribution in [2.24, 2.45) is 5.41 Å². The lowest BCUT2D eigenvalue weighted by Crippen LogP contribution is -2.51. The van der Waals surface area contributed by atoms with E-state index in [1.165, 1.54) is 30.4 Å². The Labute approximate surface area is 469 Å². The maximum absolute atomic E-state index is 13.6. The lowest BCUT2D eigenvalue weighted by molar-refractivity contribution is -0.161. The molecule has 0 unspecified atom stereocenters. The van der Waals surface area contributed by atoms with Crippen LogP contribution in [0.5, 0.6) is 0 Å². The van der Waals surface area contributed by atoms with E-state index in [1.807, 2.05) is 20.8 Å². The lowest BCUT2D eigenvalue weighted by Gasteiger charge is -2.26. The average Bonchev–Trinajstić information content (AvgIpc) is 3.63. The van der Waals surface area contributed by atoms with Gasteiger partial charge in [0.25, 0.3) is 11.8 Å². The zero-order valence-electron chi connectivity index (χ0n) is 48.9. The number of carbonyl (C=O) groups excluding carboxylic acids is 12. The highest BCUT2D eigenvalue weighted by Gasteiger charge is 2.31. The molecule has 23 heteroatoms. The number of benzene rings is 1. The van der Waals surface area contributed by atoms with Gasteiger partial charge in [0.1, 0.15) is 35.3 Å². The van der Waals surface area contributed by atoms with Crippen LogP contribution in [0.4, 0.5) is 5.69 Å². The van der Waals surface area contributed by atoms with Gasteiger partial charge in [0, 0.05) is 100 Å². The third kappa shape index (κ3) is 31.1. The molecule has 0 saturated carbocycles. The zero-order valence-corrected chi connectivity index (χ0v) is 48.9. The van der Waals surface area contributed by atoms with Gasteiger partial charge in [-0.15, -0.1) is 0 Å². The number of esters is 3. The fourth-order valence-corrected chi connectivity index (χ4v) is 7.34. The molecule has 0 aliphatic carbocycles. The van der Waals surface area contributed by atoms with Gasteiger partial charge >= 0.3 is 17.9 Å². The molecule has 1 aromatic carbocycles. The van der Waals surface area contributed by atoms with E-state index < -0.39 is 70.9 Å². The number of unbranched alkanes of at least 4 members (excludes halogenated alkanes) is 2. The van der Waals surface area contributed by atoms with E-state index in [1.54, 1.807) is 62.3 Å². The average molecular weight is 1130 g/mol. The molecule has 446 valence electrons. The van der Waals surface area contributed by atoms with E-state index in [0.29, 0.717) is 19.3 Å². The molecule has 1 aromatic rings. The molecule has 0 fully saturated rings. The van der Waals surface area contributed by atoms with Gasteiger partial charge in [-0.3, -0.25) is 52.8 Å². The van der Waals surface area contributed by atoms with Crippen LogP contribution < -0.4 is 26.6 Å². The normalized spacial score (nSPS) is 13.4. The molecule has 0 saturated heterocycles. The van der Waals surface area contributed by atoms with E-state index in [0.717, 1.165) is 4.90 Å². The number of Topliss-reactive ketones (excluding diaryl/α,β-unsaturated/α-hetero) is 2. The first-order valence-corrected chi connectivity index (χ1v) is 27.1. The Morgan fingerprint density at radius 3 is 1.38 bits per heavy atom. The smallest absolute Gasteiger partial charge is 0.331 e. The van der Waals surface area contributed by atoms with Crippen molar-refractivity contribution in [3.05, 3.63) is 41.5 Å². The number of hydrogen-bond donors (Lipinski definition) is 5. The summed E-state index contributed by atoms with van der Waals surface area (Å²) in [6, 6.07) is 1.95. The standard InChI is InChI=1S/C57H86N6O17/c1-54(2,3)34-48(70)62-41(53(75)80-57(10,11)12)36-59-45(67)24-29-77-27-17-19-43(65)38-30-37(31-39(32-38)60-46(68)20-14-13-15-25-63-49(71)21-22-50(63)72)42(64)18-16-26-76-28-23-44(66)58-35-40(52(74)79-56(7,8)9)61-47(69)33-51(73)78-55(4,5)6/h21-22,30-32,40-41H,13-20,23-29,33-36H2,1-12H3,(H,58,66)(H,59,67)(H,60,68)(H,61,69)(H,62,70)/t40-,41+/m1/s1. The number of ether oxygens (including phenoxy) is 5. The molecular weight excluding hydrogens is 1040 g/mol. The van der Waals surface area contributed by atoms with Crippen LogP contribution in [-0.4, -0.2) is 151 Å². The fraction of sp³-hybridized carbons (Fsp3) is 0.649. The Balaban J connectivity index is 1.99. The predicted molar refractivity (Wildman–Crippen MR) is 294 cm³/mol. The molecule has 7 amide bonds. The van der Waals surface area contributed by atoms with E-state index in [9.17, 15) is 57.5 Å². The molecule has 1 heterocycles. The Bertz CT molecular complexity index is 2370. The molecule has 0 aromatic heterocycles. The summed E-state index contributed by atoms with van der Waals surface area (Å²) in [6.07, 6.45) is 3.70. The number of nitrogens with one attached hydrogen (secondary N) is 5. The summed E-state index contributed by atoms with van der Waals surface area (Å²) in [6.45, 7) is 20.3. The van der Waals surface area contributed by atoms with Crippen molar-refractivity contribution in [3.8, 4) is 0 Å². The van der Waals surface area contributed by atoms with Gasteiger partial charge in [0.15, 0.2) is 11.6 Å². The molecule has 0 radical (unpaired) electrons. The van der Waals surface area contributed by atoms with Crippen molar-refractivity contribution in [2.75, 3.05) is 51.4 Å². The van der Waals surface area contributed by atoms with Gasteiger partial charge in [-0.05, 0) is 112 Å². The molecule has 23 nitrogen and oxygen atoms in total. The van der Waals surface area contributed by atoms with Gasteiger partial charge < -0.3 is 50.3 Å². The summed E-state index contributed by atoms with van der Waals surface area (Å²) in [7, 11) is 0. The summed E-state index contributed by atoms with van der Waals surface area (Å²) in [5, 5.41) is 13.0. The summed E-state index contributed by atoms with van der Waals surface area (Å²) >= 11 is 0. The summed E-state index contributed by atoms with van der Waals surface area (Å²) in [4.78, 5) is 154. The van der Waals surface area contributed by atoms with Crippen molar-refractivity contribution < 1.29 is 81.2 Å². The second-order valence-corrected chi connectivity index (χ2v) is 23.5. The van der Waals surface area contributed by atoms with Crippen LogP contribution >= 0.6 is 0 Å². The molecule has 0 spiro atoms. The zero-order chi connectivity index (χ0) is 60.4. The highest BCUT2D eigenvalue weighted by Crippen LogP contribution is 2.21. The highest BCUT2D eigenvalue weighted by molar-refractivity contribution is 6.13. The number of hydrogen-bond acceptors (Lipinski definition) is 17. The van der Waals surface area contributed by atoms with Crippen molar-refractivity contribution in [1.29, 1.82) is 0 Å². The van der Waals surface area contributed by atoms with Gasteiger partial charge in [-0.1, -0.05) is 27.2 Å². The van der Waals surface area contributed by atoms with Gasteiger partial charge in [0.2, 0.25) is 29.5 Å². The summed E-state index contributed by atoms with van der Waals surface area (Å²) < 4.78 is 27.2. The van der Waals surface area contributed by atoms with Crippen LogP contribution in [0.25, 0.3) is 0 Å². The molecule has 80 heavy (non-hydrogen) atoms. The molecular formula is C57H86N6O17. The topological polar surface area (TPSA) is 314 Å². The second kappa shape index (κ2) is 33.0. The van der Waals surface area contributed by atoms with Crippen LogP contribution in [-0.2, 0) is 71.6 Å². The first-order valence-electron chi connectivity index (χ1n) is 27.1. The predicted octanol–water partition coefficient (Wildman–Crippen LogP) is 4.90. The molecule has 2 rings (SSSR count). The Morgan fingerprint density at radius 2 is 0.938 bits per heavy atom. The quantitative estimate of drug-likeness (QED) is 0.0153. The Morgan fingerprint density at radius 1 is 0.487 bits per heavy atom. The van der Waals surface area contributed by atoms with E-state index >= 15 is 0 Å². The maximum Gasteiger partial charge on any atom is 0.331 e. The van der Waals surface area contributed by atoms with Gasteiger partial charge in [-0.2, -0.15) is 0 Å². The molecule has 1 aliphatic rings. The molecule has 0 bridgehead atoms. The SMILES string of the molecule is CC(C)(C)CC(=O)N[C@@H](CNC(=O)CCOCCCC(=O)c1cc(NC(=O)CCCCCN2C(=O)C=CC2=O)cc(C(=O)CCCOCCC(=O)NC[C@@H](NC(=O)CC(=O)OC(C)(C)C)C(=O)OC(C)(C)C)c1)C(=O)OC(C)(C)C. The lowest BCUT2D eigenvalue weighted by atomic mass is 9.92. The third-order valence-electron chi connectivity index (χ3n) is 10.9. The Hall–Kier alpha value is -6.88. The maximum atomic E-state index is 13.6. The van der Waals surface area contributed by atoms with Crippen LogP contribution in [0.1, 0.15) is 181 Å². The largest absolute Gasteiger partial charge is 0.460 e. The van der Waals surface area contributed by atoms with E-state index in [4.69, 9.17) is 23.7 Å².